The minimum Gasteiger partial charge on any atom is -0.492 e. The topological polar surface area (TPSA) is 75.7 Å². The summed E-state index contributed by atoms with van der Waals surface area (Å²) in [6.45, 7) is 10.5. The van der Waals surface area contributed by atoms with Crippen molar-refractivity contribution in [2.45, 2.75) is 52.5 Å². The first kappa shape index (κ1) is 26.0. The molecule has 0 aromatic heterocycles. The van der Waals surface area contributed by atoms with Crippen LogP contribution in [0.2, 0.25) is 5.02 Å². The SMILES string of the molecule is CC[C@@H](C(=O)NCCOc1ccc(C(C)(C)C)cc1)N(c1cc(Cl)ccc1C)S(C)(=O)=O. The Balaban J connectivity index is 2.05. The fraction of sp³-hybridized carbons (Fsp3) is 0.458. The Morgan fingerprint density at radius 3 is 2.31 bits per heavy atom. The molecule has 2 aromatic carbocycles. The number of sulfonamides is 1. The lowest BCUT2D eigenvalue weighted by molar-refractivity contribution is -0.122. The molecule has 0 unspecified atom stereocenters. The van der Waals surface area contributed by atoms with Crippen LogP contribution in [0.1, 0.15) is 45.2 Å². The Hall–Kier alpha value is -2.25. The maximum absolute atomic E-state index is 12.9. The quantitative estimate of drug-likeness (QED) is 0.528. The molecule has 1 N–H and O–H groups in total. The number of ether oxygens (including phenoxy) is 1. The van der Waals surface area contributed by atoms with E-state index in [4.69, 9.17) is 16.3 Å². The highest BCUT2D eigenvalue weighted by molar-refractivity contribution is 7.92. The van der Waals surface area contributed by atoms with E-state index >= 15 is 0 Å². The van der Waals surface area contributed by atoms with Crippen molar-refractivity contribution in [1.29, 1.82) is 0 Å². The Labute approximate surface area is 197 Å². The molecule has 176 valence electrons. The molecule has 1 atom stereocenters. The molecule has 2 rings (SSSR count). The minimum absolute atomic E-state index is 0.0640. The van der Waals surface area contributed by atoms with Crippen LogP contribution in [0, 0.1) is 6.92 Å². The fourth-order valence-corrected chi connectivity index (χ4v) is 4.79. The van der Waals surface area contributed by atoms with Crippen LogP contribution in [0.3, 0.4) is 0 Å². The lowest BCUT2D eigenvalue weighted by Crippen LogP contribution is -2.50. The van der Waals surface area contributed by atoms with E-state index in [0.29, 0.717) is 28.4 Å². The predicted molar refractivity (Wildman–Crippen MR) is 131 cm³/mol. The number of hydrogen-bond donors (Lipinski definition) is 1. The van der Waals surface area contributed by atoms with E-state index in [-0.39, 0.29) is 24.5 Å². The Morgan fingerprint density at radius 2 is 1.78 bits per heavy atom. The van der Waals surface area contributed by atoms with Crippen molar-refractivity contribution in [3.8, 4) is 5.75 Å². The van der Waals surface area contributed by atoms with Gasteiger partial charge in [0.05, 0.1) is 18.5 Å². The van der Waals surface area contributed by atoms with Gasteiger partial charge in [-0.1, -0.05) is 57.5 Å². The highest BCUT2D eigenvalue weighted by Crippen LogP contribution is 2.29. The second kappa shape index (κ2) is 10.6. The molecule has 0 fully saturated rings. The summed E-state index contributed by atoms with van der Waals surface area (Å²) in [4.78, 5) is 12.9. The van der Waals surface area contributed by atoms with Crippen LogP contribution in [0.5, 0.6) is 5.75 Å². The number of anilines is 1. The predicted octanol–water partition coefficient (Wildman–Crippen LogP) is 4.69. The number of benzene rings is 2. The summed E-state index contributed by atoms with van der Waals surface area (Å²) in [6.07, 6.45) is 1.40. The van der Waals surface area contributed by atoms with Crippen LogP contribution in [0.25, 0.3) is 0 Å². The van der Waals surface area contributed by atoms with E-state index in [1.165, 1.54) is 5.56 Å². The number of nitrogens with one attached hydrogen (secondary N) is 1. The van der Waals surface area contributed by atoms with Crippen LogP contribution in [-0.2, 0) is 20.2 Å². The second-order valence-corrected chi connectivity index (χ2v) is 11.1. The lowest BCUT2D eigenvalue weighted by Gasteiger charge is -2.31. The van der Waals surface area contributed by atoms with Crippen molar-refractivity contribution in [1.82, 2.24) is 5.32 Å². The standard InChI is InChI=1S/C24H33ClN2O4S/c1-7-21(27(32(6,29)30)22-16-19(25)11-8-17(22)2)23(28)26-14-15-31-20-12-9-18(10-13-20)24(3,4)5/h8-13,16,21H,7,14-15H2,1-6H3,(H,26,28)/t21-/m0/s1. The number of halogens is 1. The average Bonchev–Trinajstić information content (AvgIpc) is 2.70. The van der Waals surface area contributed by atoms with E-state index in [1.54, 1.807) is 32.0 Å². The Kier molecular flexibility index (Phi) is 8.60. The van der Waals surface area contributed by atoms with Gasteiger partial charge in [-0.25, -0.2) is 8.42 Å². The van der Waals surface area contributed by atoms with E-state index in [9.17, 15) is 13.2 Å². The number of carbonyl (C=O) groups is 1. The molecule has 0 aliphatic carbocycles. The molecular weight excluding hydrogens is 448 g/mol. The van der Waals surface area contributed by atoms with Crippen molar-refractivity contribution in [2.75, 3.05) is 23.7 Å². The first-order valence-corrected chi connectivity index (χ1v) is 12.8. The zero-order chi connectivity index (χ0) is 24.1. The van der Waals surface area contributed by atoms with Crippen molar-refractivity contribution < 1.29 is 17.9 Å². The van der Waals surface area contributed by atoms with E-state index in [2.05, 4.69) is 26.1 Å². The van der Waals surface area contributed by atoms with Crippen molar-refractivity contribution >= 4 is 33.2 Å². The number of amides is 1. The highest BCUT2D eigenvalue weighted by Gasteiger charge is 2.32. The van der Waals surface area contributed by atoms with Crippen molar-refractivity contribution in [3.63, 3.8) is 0 Å². The number of carbonyl (C=O) groups excluding carboxylic acids is 1. The number of nitrogens with zero attached hydrogens (tertiary/aromatic N) is 1. The normalized spacial score (nSPS) is 12.8. The molecule has 0 heterocycles. The van der Waals surface area contributed by atoms with Gasteiger partial charge >= 0.3 is 0 Å². The maximum Gasteiger partial charge on any atom is 0.244 e. The molecule has 1 amide bonds. The van der Waals surface area contributed by atoms with Gasteiger partial charge in [0, 0.05) is 5.02 Å². The molecule has 0 aliphatic rings. The molecule has 0 spiro atoms. The smallest absolute Gasteiger partial charge is 0.244 e. The van der Waals surface area contributed by atoms with Crippen LogP contribution in [0.15, 0.2) is 42.5 Å². The first-order valence-electron chi connectivity index (χ1n) is 10.6. The summed E-state index contributed by atoms with van der Waals surface area (Å²) in [7, 11) is -3.72. The molecule has 0 bridgehead atoms. The van der Waals surface area contributed by atoms with Gasteiger partial charge in [-0.05, 0) is 54.2 Å². The van der Waals surface area contributed by atoms with Crippen molar-refractivity contribution in [2.24, 2.45) is 0 Å². The first-order chi connectivity index (χ1) is 14.8. The number of aryl methyl sites for hydroxylation is 1. The summed E-state index contributed by atoms with van der Waals surface area (Å²) in [5.74, 6) is 0.329. The van der Waals surface area contributed by atoms with Gasteiger partial charge in [0.15, 0.2) is 0 Å². The minimum atomic E-state index is -3.72. The van der Waals surface area contributed by atoms with Gasteiger partial charge in [0.1, 0.15) is 18.4 Å². The molecule has 6 nitrogen and oxygen atoms in total. The summed E-state index contributed by atoms with van der Waals surface area (Å²) in [5.41, 5.74) is 2.39. The summed E-state index contributed by atoms with van der Waals surface area (Å²) in [5, 5.41) is 3.20. The third kappa shape index (κ3) is 6.87. The summed E-state index contributed by atoms with van der Waals surface area (Å²) in [6, 6.07) is 12.0. The van der Waals surface area contributed by atoms with E-state index in [1.807, 2.05) is 24.3 Å². The summed E-state index contributed by atoms with van der Waals surface area (Å²) < 4.78 is 32.1. The fourth-order valence-electron chi connectivity index (χ4n) is 3.37. The van der Waals surface area contributed by atoms with Crippen LogP contribution in [-0.4, -0.2) is 39.8 Å². The number of hydrogen-bond acceptors (Lipinski definition) is 4. The lowest BCUT2D eigenvalue weighted by atomic mass is 9.87. The molecule has 0 saturated heterocycles. The Morgan fingerprint density at radius 1 is 1.16 bits per heavy atom. The highest BCUT2D eigenvalue weighted by atomic mass is 35.5. The average molecular weight is 481 g/mol. The maximum atomic E-state index is 12.9. The third-order valence-corrected chi connectivity index (χ3v) is 6.53. The molecule has 2 aromatic rings. The van der Waals surface area contributed by atoms with Gasteiger partial charge in [-0.15, -0.1) is 0 Å². The third-order valence-electron chi connectivity index (χ3n) is 5.13. The monoisotopic (exact) mass is 480 g/mol. The molecule has 32 heavy (non-hydrogen) atoms. The summed E-state index contributed by atoms with van der Waals surface area (Å²) >= 11 is 6.10. The number of rotatable bonds is 9. The zero-order valence-corrected chi connectivity index (χ0v) is 21.2. The van der Waals surface area contributed by atoms with Gasteiger partial charge in [0.2, 0.25) is 15.9 Å². The molecule has 0 radical (unpaired) electrons. The van der Waals surface area contributed by atoms with E-state index in [0.717, 1.165) is 10.6 Å². The van der Waals surface area contributed by atoms with Gasteiger partial charge in [-0.2, -0.15) is 0 Å². The molecule has 8 heteroatoms. The molecule has 0 aliphatic heterocycles. The second-order valence-electron chi connectivity index (χ2n) is 8.83. The van der Waals surface area contributed by atoms with Crippen molar-refractivity contribution in [3.05, 3.63) is 58.6 Å². The van der Waals surface area contributed by atoms with Gasteiger partial charge in [0.25, 0.3) is 0 Å². The van der Waals surface area contributed by atoms with E-state index < -0.39 is 16.1 Å². The zero-order valence-electron chi connectivity index (χ0n) is 19.6. The van der Waals surface area contributed by atoms with Crippen LogP contribution in [0.4, 0.5) is 5.69 Å². The molecular formula is C24H33ClN2O4S. The van der Waals surface area contributed by atoms with Gasteiger partial charge < -0.3 is 10.1 Å². The Bertz CT molecular complexity index is 1030. The van der Waals surface area contributed by atoms with Crippen LogP contribution < -0.4 is 14.4 Å². The van der Waals surface area contributed by atoms with Gasteiger partial charge in [-0.3, -0.25) is 9.10 Å². The molecule has 0 saturated carbocycles. The van der Waals surface area contributed by atoms with Crippen LogP contribution >= 0.6 is 11.6 Å². The largest absolute Gasteiger partial charge is 0.492 e.